The number of aromatic hydroxyl groups is 1. The van der Waals surface area contributed by atoms with Crippen LogP contribution < -0.4 is 11.1 Å². The Morgan fingerprint density at radius 3 is 2.79 bits per heavy atom. The molecule has 1 amide bonds. The van der Waals surface area contributed by atoms with E-state index in [1.807, 2.05) is 0 Å². The third-order valence-electron chi connectivity index (χ3n) is 2.30. The lowest BCUT2D eigenvalue weighted by Gasteiger charge is -2.08. The van der Waals surface area contributed by atoms with Crippen molar-refractivity contribution in [2.45, 2.75) is 0 Å². The minimum absolute atomic E-state index is 0.106. The number of aromatic nitrogens is 1. The number of phenols is 1. The van der Waals surface area contributed by atoms with Gasteiger partial charge in [-0.05, 0) is 40.2 Å². The van der Waals surface area contributed by atoms with Crippen molar-refractivity contribution < 1.29 is 9.90 Å². The maximum absolute atomic E-state index is 12.0. The molecule has 1 aromatic heterocycles. The molecule has 0 unspecified atom stereocenters. The van der Waals surface area contributed by atoms with Gasteiger partial charge in [0.05, 0.1) is 21.9 Å². The summed E-state index contributed by atoms with van der Waals surface area (Å²) in [6, 6.07) is 5.85. The molecule has 0 radical (unpaired) electrons. The molecule has 0 aliphatic rings. The second-order valence-electron chi connectivity index (χ2n) is 3.71. The lowest BCUT2D eigenvalue weighted by molar-refractivity contribution is 0.102. The Hall–Kier alpha value is -1.79. The van der Waals surface area contributed by atoms with Gasteiger partial charge in [-0.15, -0.1) is 0 Å². The number of halogens is 2. The van der Waals surface area contributed by atoms with Crippen LogP contribution in [0.3, 0.4) is 0 Å². The first kappa shape index (κ1) is 13.6. The number of nitrogens with one attached hydrogen (secondary N) is 1. The van der Waals surface area contributed by atoms with Crippen molar-refractivity contribution in [2.75, 3.05) is 11.1 Å². The summed E-state index contributed by atoms with van der Waals surface area (Å²) in [5.74, 6) is -0.378. The Morgan fingerprint density at radius 2 is 2.16 bits per heavy atom. The molecule has 0 saturated heterocycles. The minimum atomic E-state index is -0.493. The van der Waals surface area contributed by atoms with E-state index < -0.39 is 5.91 Å². The third-order valence-corrected chi connectivity index (χ3v) is 3.14. The highest BCUT2D eigenvalue weighted by Gasteiger charge is 2.13. The molecule has 2 rings (SSSR count). The summed E-state index contributed by atoms with van der Waals surface area (Å²) >= 11 is 8.94. The van der Waals surface area contributed by atoms with E-state index in [0.717, 1.165) is 0 Å². The van der Waals surface area contributed by atoms with Crippen LogP contribution in [0.1, 0.15) is 10.4 Å². The van der Waals surface area contributed by atoms with E-state index >= 15 is 0 Å². The van der Waals surface area contributed by atoms with Gasteiger partial charge >= 0.3 is 0 Å². The van der Waals surface area contributed by atoms with Gasteiger partial charge in [0.1, 0.15) is 11.6 Å². The van der Waals surface area contributed by atoms with E-state index in [4.69, 9.17) is 17.3 Å². The van der Waals surface area contributed by atoms with Gasteiger partial charge in [0.15, 0.2) is 0 Å². The first-order chi connectivity index (χ1) is 8.97. The molecule has 98 valence electrons. The molecule has 0 atom stereocenters. The first-order valence-corrected chi connectivity index (χ1v) is 6.35. The zero-order valence-corrected chi connectivity index (χ0v) is 11.9. The Kier molecular flexibility index (Phi) is 3.92. The van der Waals surface area contributed by atoms with E-state index in [2.05, 4.69) is 26.2 Å². The van der Waals surface area contributed by atoms with Gasteiger partial charge in [-0.1, -0.05) is 11.6 Å². The van der Waals surface area contributed by atoms with Crippen LogP contribution >= 0.6 is 27.5 Å². The summed E-state index contributed by atoms with van der Waals surface area (Å²) in [5.41, 5.74) is 6.13. The zero-order valence-electron chi connectivity index (χ0n) is 9.52. The standard InChI is InChI=1S/C12H9BrClN3O2/c13-9-4-7(15)5-16-11(9)17-12(19)8-2-1-6(14)3-10(8)18/h1-5,18H,15H2,(H,16,17,19). The highest BCUT2D eigenvalue weighted by molar-refractivity contribution is 9.10. The average Bonchev–Trinajstić information content (AvgIpc) is 2.32. The molecule has 19 heavy (non-hydrogen) atoms. The highest BCUT2D eigenvalue weighted by atomic mass is 79.9. The first-order valence-electron chi connectivity index (χ1n) is 5.18. The second kappa shape index (κ2) is 5.46. The van der Waals surface area contributed by atoms with Crippen molar-refractivity contribution in [2.24, 2.45) is 0 Å². The van der Waals surface area contributed by atoms with E-state index in [-0.39, 0.29) is 11.3 Å². The molecule has 0 aliphatic heterocycles. The molecule has 5 nitrogen and oxygen atoms in total. The van der Waals surface area contributed by atoms with Crippen LogP contribution in [0.2, 0.25) is 5.02 Å². The summed E-state index contributed by atoms with van der Waals surface area (Å²) < 4.78 is 0.550. The summed E-state index contributed by atoms with van der Waals surface area (Å²) in [5, 5.41) is 12.6. The topological polar surface area (TPSA) is 88.2 Å². The van der Waals surface area contributed by atoms with Gasteiger partial charge in [0.25, 0.3) is 5.91 Å². The molecule has 0 fully saturated rings. The molecule has 7 heteroatoms. The largest absolute Gasteiger partial charge is 0.507 e. The van der Waals surface area contributed by atoms with Gasteiger partial charge < -0.3 is 16.2 Å². The van der Waals surface area contributed by atoms with Crippen LogP contribution in [0.4, 0.5) is 11.5 Å². The lowest BCUT2D eigenvalue weighted by atomic mass is 10.2. The molecule has 1 heterocycles. The monoisotopic (exact) mass is 341 g/mol. The molecule has 0 spiro atoms. The summed E-state index contributed by atoms with van der Waals surface area (Å²) in [6.45, 7) is 0. The Balaban J connectivity index is 2.25. The predicted molar refractivity (Wildman–Crippen MR) is 77.4 cm³/mol. The Morgan fingerprint density at radius 1 is 1.42 bits per heavy atom. The molecule has 2 aromatic rings. The van der Waals surface area contributed by atoms with E-state index in [1.165, 1.54) is 24.4 Å². The van der Waals surface area contributed by atoms with Crippen LogP contribution in [-0.2, 0) is 0 Å². The van der Waals surface area contributed by atoms with Crippen LogP contribution in [0.25, 0.3) is 0 Å². The molecule has 0 bridgehead atoms. The quantitative estimate of drug-likeness (QED) is 0.782. The number of hydrogen-bond acceptors (Lipinski definition) is 4. The fourth-order valence-electron chi connectivity index (χ4n) is 1.42. The molecule has 0 saturated carbocycles. The number of pyridine rings is 1. The van der Waals surface area contributed by atoms with Gasteiger partial charge in [-0.2, -0.15) is 0 Å². The SMILES string of the molecule is Nc1cnc(NC(=O)c2ccc(Cl)cc2O)c(Br)c1. The molecular weight excluding hydrogens is 334 g/mol. The third kappa shape index (κ3) is 3.15. The van der Waals surface area contributed by atoms with Crippen LogP contribution in [0.15, 0.2) is 34.9 Å². The highest BCUT2D eigenvalue weighted by Crippen LogP contribution is 2.25. The molecular formula is C12H9BrClN3O2. The second-order valence-corrected chi connectivity index (χ2v) is 5.01. The van der Waals surface area contributed by atoms with Gasteiger partial charge in [-0.3, -0.25) is 4.79 Å². The Labute approximate surface area is 122 Å². The van der Waals surface area contributed by atoms with Crippen LogP contribution in [0, 0.1) is 0 Å². The van der Waals surface area contributed by atoms with Crippen molar-refractivity contribution in [1.82, 2.24) is 4.98 Å². The molecule has 1 aromatic carbocycles. The van der Waals surface area contributed by atoms with Crippen molar-refractivity contribution in [3.8, 4) is 5.75 Å². The number of carbonyl (C=O) groups is 1. The van der Waals surface area contributed by atoms with Gasteiger partial charge in [0, 0.05) is 5.02 Å². The van der Waals surface area contributed by atoms with E-state index in [9.17, 15) is 9.90 Å². The number of phenolic OH excluding ortho intramolecular Hbond substituents is 1. The fraction of sp³-hybridized carbons (Fsp3) is 0. The zero-order chi connectivity index (χ0) is 14.0. The molecule has 4 N–H and O–H groups in total. The maximum Gasteiger partial charge on any atom is 0.260 e. The number of benzene rings is 1. The Bertz CT molecular complexity index is 649. The maximum atomic E-state index is 12.0. The summed E-state index contributed by atoms with van der Waals surface area (Å²) in [6.07, 6.45) is 1.42. The number of hydrogen-bond donors (Lipinski definition) is 3. The lowest BCUT2D eigenvalue weighted by Crippen LogP contribution is -2.13. The minimum Gasteiger partial charge on any atom is -0.507 e. The predicted octanol–water partition coefficient (Wildman–Crippen LogP) is 3.04. The average molecular weight is 343 g/mol. The fourth-order valence-corrected chi connectivity index (χ4v) is 2.05. The van der Waals surface area contributed by atoms with Crippen molar-refractivity contribution >= 4 is 44.9 Å². The van der Waals surface area contributed by atoms with Crippen LogP contribution in [-0.4, -0.2) is 16.0 Å². The van der Waals surface area contributed by atoms with Gasteiger partial charge in [-0.25, -0.2) is 4.98 Å². The summed E-state index contributed by atoms with van der Waals surface area (Å²) in [7, 11) is 0. The van der Waals surface area contributed by atoms with E-state index in [0.29, 0.717) is 21.0 Å². The summed E-state index contributed by atoms with van der Waals surface area (Å²) in [4.78, 5) is 16.0. The number of nitrogens with two attached hydrogens (primary N) is 1. The smallest absolute Gasteiger partial charge is 0.260 e. The number of anilines is 2. The number of carbonyl (C=O) groups excluding carboxylic acids is 1. The number of amides is 1. The normalized spacial score (nSPS) is 10.2. The van der Waals surface area contributed by atoms with Crippen LogP contribution in [0.5, 0.6) is 5.75 Å². The van der Waals surface area contributed by atoms with E-state index in [1.54, 1.807) is 6.07 Å². The van der Waals surface area contributed by atoms with Crippen molar-refractivity contribution in [3.05, 3.63) is 45.5 Å². The molecule has 0 aliphatic carbocycles. The number of nitrogen functional groups attached to an aromatic ring is 1. The number of nitrogens with zero attached hydrogens (tertiary/aromatic N) is 1. The van der Waals surface area contributed by atoms with Crippen molar-refractivity contribution in [3.63, 3.8) is 0 Å². The number of rotatable bonds is 2. The van der Waals surface area contributed by atoms with Gasteiger partial charge in [0.2, 0.25) is 0 Å². The van der Waals surface area contributed by atoms with Crippen molar-refractivity contribution in [1.29, 1.82) is 0 Å².